The highest BCUT2D eigenvalue weighted by molar-refractivity contribution is 8.01. The van der Waals surface area contributed by atoms with E-state index in [1.165, 1.54) is 33.1 Å². The number of amides is 2. The largest absolute Gasteiger partial charge is 0.477 e. The summed E-state index contributed by atoms with van der Waals surface area (Å²) in [4.78, 5) is 49.1. The molecule has 2 amide bonds. The molecule has 1 saturated heterocycles. The van der Waals surface area contributed by atoms with Crippen LogP contribution >= 0.6 is 35.1 Å². The first-order valence-electron chi connectivity index (χ1n) is 11.4. The number of oxime groups is 1. The number of carboxylic acid groups (broad SMARTS) is 1. The van der Waals surface area contributed by atoms with Crippen molar-refractivity contribution >= 4 is 63.7 Å². The van der Waals surface area contributed by atoms with Crippen molar-refractivity contribution in [2.24, 2.45) is 5.16 Å². The van der Waals surface area contributed by atoms with Crippen LogP contribution in [-0.2, 0) is 25.8 Å². The number of hydrogen-bond acceptors (Lipinski definition) is 14. The number of carbonyl (C=O) groups is 3. The number of β-lactam (4-membered cyclic amide) rings is 1. The molecule has 0 aromatic carbocycles. The van der Waals surface area contributed by atoms with Crippen LogP contribution in [0.5, 0.6) is 0 Å². The number of tetrazole rings is 1. The number of aromatic nitrogens is 6. The van der Waals surface area contributed by atoms with Gasteiger partial charge in [-0.2, -0.15) is 9.36 Å². The normalized spacial score (nSPS) is 20.7. The van der Waals surface area contributed by atoms with Crippen molar-refractivity contribution in [2.75, 3.05) is 17.2 Å². The summed E-state index contributed by atoms with van der Waals surface area (Å²) in [6.07, 6.45) is 9.65. The van der Waals surface area contributed by atoms with Crippen molar-refractivity contribution < 1.29 is 24.3 Å². The average Bonchev–Trinajstić information content (AvgIpc) is 3.69. The number of nitrogens with zero attached hydrogens (tertiary/aromatic N) is 8. The molecule has 1 aliphatic carbocycles. The van der Waals surface area contributed by atoms with Gasteiger partial charge < -0.3 is 21.0 Å². The minimum atomic E-state index is -1.25. The third-order valence-corrected chi connectivity index (χ3v) is 8.70. The molecule has 2 aromatic rings. The van der Waals surface area contributed by atoms with E-state index in [2.05, 4.69) is 41.3 Å². The Morgan fingerprint density at radius 2 is 2.28 bits per heavy atom. The Bertz CT molecular complexity index is 1460. The lowest BCUT2D eigenvalue weighted by molar-refractivity contribution is -0.150. The van der Waals surface area contributed by atoms with Crippen LogP contribution in [0.25, 0.3) is 0 Å². The van der Waals surface area contributed by atoms with E-state index in [-0.39, 0.29) is 34.7 Å². The molecule has 0 bridgehead atoms. The van der Waals surface area contributed by atoms with Gasteiger partial charge in [-0.1, -0.05) is 22.8 Å². The number of rotatable bonds is 10. The van der Waals surface area contributed by atoms with E-state index in [0.717, 1.165) is 24.4 Å². The van der Waals surface area contributed by atoms with Gasteiger partial charge in [-0.3, -0.25) is 14.5 Å². The van der Waals surface area contributed by atoms with Gasteiger partial charge in [-0.25, -0.2) is 9.48 Å². The molecule has 39 heavy (non-hydrogen) atoms. The molecule has 2 aliphatic heterocycles. The van der Waals surface area contributed by atoms with Crippen molar-refractivity contribution in [3.8, 4) is 12.3 Å². The predicted octanol–water partition coefficient (Wildman–Crippen LogP) is 0.0594. The lowest BCUT2D eigenvalue weighted by Gasteiger charge is -2.49. The number of nitrogens with two attached hydrogens (primary N) is 1. The van der Waals surface area contributed by atoms with Gasteiger partial charge in [-0.05, 0) is 34.9 Å². The summed E-state index contributed by atoms with van der Waals surface area (Å²) >= 11 is 3.43. The number of nitrogen functional groups attached to an aromatic ring is 1. The van der Waals surface area contributed by atoms with Gasteiger partial charge in [0, 0.05) is 29.5 Å². The molecule has 202 valence electrons. The van der Waals surface area contributed by atoms with Gasteiger partial charge in [0.25, 0.3) is 11.8 Å². The van der Waals surface area contributed by atoms with E-state index in [1.807, 2.05) is 6.08 Å². The smallest absolute Gasteiger partial charge is 0.352 e. The molecule has 2 atom stereocenters. The second-order valence-corrected chi connectivity index (χ2v) is 11.1. The zero-order valence-electron chi connectivity index (χ0n) is 20.0. The Hall–Kier alpha value is -3.95. The van der Waals surface area contributed by atoms with Crippen LogP contribution in [0.4, 0.5) is 5.13 Å². The molecule has 0 radical (unpaired) electrons. The number of allylic oxidation sites excluding steroid dienone is 2. The number of terminal acetylenes is 1. The zero-order chi connectivity index (χ0) is 27.5. The summed E-state index contributed by atoms with van der Waals surface area (Å²) in [5, 5.41) is 27.7. The molecule has 3 aliphatic rings. The molecule has 15 nitrogen and oxygen atoms in total. The van der Waals surface area contributed by atoms with Gasteiger partial charge in [-0.15, -0.1) is 23.3 Å². The van der Waals surface area contributed by atoms with Crippen LogP contribution < -0.4 is 11.1 Å². The number of aliphatic carboxylic acids is 1. The van der Waals surface area contributed by atoms with Crippen molar-refractivity contribution in [3.05, 3.63) is 28.9 Å². The van der Waals surface area contributed by atoms with E-state index >= 15 is 0 Å². The van der Waals surface area contributed by atoms with E-state index in [1.54, 1.807) is 0 Å². The van der Waals surface area contributed by atoms with Crippen LogP contribution in [0.15, 0.2) is 33.4 Å². The third kappa shape index (κ3) is 5.46. The molecule has 1 fully saturated rings. The number of carbonyl (C=O) groups excluding carboxylic acids is 2. The number of carboxylic acids is 1. The van der Waals surface area contributed by atoms with Gasteiger partial charge in [0.15, 0.2) is 5.13 Å². The Morgan fingerprint density at radius 1 is 1.44 bits per heavy atom. The fourth-order valence-corrected chi connectivity index (χ4v) is 6.78. The van der Waals surface area contributed by atoms with Crippen LogP contribution in [0.2, 0.25) is 0 Å². The third-order valence-electron chi connectivity index (χ3n) is 5.77. The molecule has 4 heterocycles. The quantitative estimate of drug-likeness (QED) is 0.111. The van der Waals surface area contributed by atoms with E-state index in [0.29, 0.717) is 28.7 Å². The molecule has 2 aromatic heterocycles. The first-order valence-corrected chi connectivity index (χ1v) is 14.2. The maximum absolute atomic E-state index is 13.2. The Labute approximate surface area is 233 Å². The molecule has 0 saturated carbocycles. The Morgan fingerprint density at radius 3 is 2.97 bits per heavy atom. The highest BCUT2D eigenvalue weighted by Gasteiger charge is 2.54. The molecular weight excluding hydrogens is 568 g/mol. The standard InChI is InChI=1S/C21H20N10O5S3/c1-2-7-30-21(25-28-29-30)38-9-10-8-37-18-13(17(33)31(18)14(10)19(34)35)23-16(32)12(15-24-20(22)39-27-15)26-36-11-5-3-4-6-11/h1,5,13,18H,3-4,6-9H2,(H,23,32)(H,34,35)(H2,22,24,27)/t13?,18-/m0/s1. The topological polar surface area (TPSA) is 204 Å². The molecule has 4 N–H and O–H groups in total. The highest BCUT2D eigenvalue weighted by Crippen LogP contribution is 2.41. The van der Waals surface area contributed by atoms with Gasteiger partial charge in [0.2, 0.25) is 16.7 Å². The fraction of sp³-hybridized carbons (Fsp3) is 0.381. The maximum atomic E-state index is 13.2. The molecule has 5 rings (SSSR count). The SMILES string of the molecule is C#CCn1nnnc1SCC1=C(C(=O)O)N2C(=O)C(NC(=O)C(=NOC3=CCCC3)c3nsc(N)n3)[C@@H]2SC1. The lowest BCUT2D eigenvalue weighted by Crippen LogP contribution is -2.71. The van der Waals surface area contributed by atoms with Crippen molar-refractivity contribution in [1.29, 1.82) is 0 Å². The Kier molecular flexibility index (Phi) is 7.81. The van der Waals surface area contributed by atoms with Crippen molar-refractivity contribution in [1.82, 2.24) is 39.8 Å². The van der Waals surface area contributed by atoms with Gasteiger partial charge >= 0.3 is 5.97 Å². The summed E-state index contributed by atoms with van der Waals surface area (Å²) in [6, 6.07) is -0.985. The van der Waals surface area contributed by atoms with E-state index in [9.17, 15) is 19.5 Å². The van der Waals surface area contributed by atoms with Gasteiger partial charge in [0.1, 0.15) is 29.4 Å². The van der Waals surface area contributed by atoms with E-state index < -0.39 is 29.2 Å². The Balaban J connectivity index is 1.30. The zero-order valence-corrected chi connectivity index (χ0v) is 22.5. The number of hydrogen-bond donors (Lipinski definition) is 3. The van der Waals surface area contributed by atoms with Crippen LogP contribution in [0, 0.1) is 12.3 Å². The number of nitrogens with one attached hydrogen (secondary N) is 1. The fourth-order valence-electron chi connectivity index (χ4n) is 3.98. The summed E-state index contributed by atoms with van der Waals surface area (Å²) < 4.78 is 5.46. The van der Waals surface area contributed by atoms with Crippen LogP contribution in [-0.4, -0.2) is 86.0 Å². The monoisotopic (exact) mass is 588 g/mol. The predicted molar refractivity (Wildman–Crippen MR) is 141 cm³/mol. The lowest BCUT2D eigenvalue weighted by atomic mass is 10.0. The second-order valence-electron chi connectivity index (χ2n) is 8.28. The number of thioether (sulfide) groups is 2. The van der Waals surface area contributed by atoms with Crippen molar-refractivity contribution in [2.45, 2.75) is 42.4 Å². The molecule has 0 spiro atoms. The summed E-state index contributed by atoms with van der Waals surface area (Å²) in [5.41, 5.74) is 5.83. The maximum Gasteiger partial charge on any atom is 0.352 e. The minimum absolute atomic E-state index is 0.0360. The first kappa shape index (κ1) is 26.6. The first-order chi connectivity index (χ1) is 18.9. The summed E-state index contributed by atoms with van der Waals surface area (Å²) in [5.74, 6) is 1.01. The molecule has 18 heteroatoms. The average molecular weight is 589 g/mol. The molecular formula is C21H20N10O5S3. The number of anilines is 1. The minimum Gasteiger partial charge on any atom is -0.477 e. The number of fused-ring (bicyclic) bond motifs is 1. The molecule has 1 unspecified atom stereocenters. The summed E-state index contributed by atoms with van der Waals surface area (Å²) in [6.45, 7) is 0.167. The highest BCUT2D eigenvalue weighted by atomic mass is 32.2. The van der Waals surface area contributed by atoms with Crippen molar-refractivity contribution in [3.63, 3.8) is 0 Å². The summed E-state index contributed by atoms with van der Waals surface area (Å²) in [7, 11) is 0. The van der Waals surface area contributed by atoms with Crippen LogP contribution in [0.1, 0.15) is 25.1 Å². The van der Waals surface area contributed by atoms with E-state index in [4.69, 9.17) is 17.0 Å². The van der Waals surface area contributed by atoms with Gasteiger partial charge in [0.05, 0.1) is 0 Å². The van der Waals surface area contributed by atoms with Crippen LogP contribution in [0.3, 0.4) is 0 Å². The second kappa shape index (κ2) is 11.4.